The highest BCUT2D eigenvalue weighted by Crippen LogP contribution is 2.29. The SMILES string of the molecule is Nc1cc(Br)ccc1SCCSc1ccccc1F. The van der Waals surface area contributed by atoms with E-state index in [1.807, 2.05) is 24.3 Å². The predicted octanol–water partition coefficient (Wildman–Crippen LogP) is 5.05. The molecule has 2 aromatic carbocycles. The van der Waals surface area contributed by atoms with Gasteiger partial charge in [-0.3, -0.25) is 0 Å². The van der Waals surface area contributed by atoms with E-state index in [0.29, 0.717) is 4.90 Å². The van der Waals surface area contributed by atoms with E-state index in [2.05, 4.69) is 15.9 Å². The van der Waals surface area contributed by atoms with Gasteiger partial charge in [-0.25, -0.2) is 4.39 Å². The summed E-state index contributed by atoms with van der Waals surface area (Å²) in [5.41, 5.74) is 6.69. The van der Waals surface area contributed by atoms with Crippen LogP contribution in [0.2, 0.25) is 0 Å². The zero-order valence-electron chi connectivity index (χ0n) is 10.1. The second-order valence-electron chi connectivity index (χ2n) is 3.81. The van der Waals surface area contributed by atoms with Gasteiger partial charge in [-0.1, -0.05) is 28.1 Å². The smallest absolute Gasteiger partial charge is 0.136 e. The van der Waals surface area contributed by atoms with Crippen molar-refractivity contribution in [1.82, 2.24) is 0 Å². The van der Waals surface area contributed by atoms with Crippen LogP contribution in [0.5, 0.6) is 0 Å². The topological polar surface area (TPSA) is 26.0 Å². The molecule has 0 aliphatic rings. The predicted molar refractivity (Wildman–Crippen MR) is 86.4 cm³/mol. The van der Waals surface area contributed by atoms with Crippen LogP contribution in [0.1, 0.15) is 0 Å². The van der Waals surface area contributed by atoms with Gasteiger partial charge >= 0.3 is 0 Å². The average Bonchev–Trinajstić information content (AvgIpc) is 2.38. The Morgan fingerprint density at radius 3 is 2.37 bits per heavy atom. The van der Waals surface area contributed by atoms with Gasteiger partial charge in [0.25, 0.3) is 0 Å². The van der Waals surface area contributed by atoms with Crippen LogP contribution < -0.4 is 5.73 Å². The molecule has 0 heterocycles. The summed E-state index contributed by atoms with van der Waals surface area (Å²) in [7, 11) is 0. The van der Waals surface area contributed by atoms with Crippen LogP contribution in [0.15, 0.2) is 56.7 Å². The van der Waals surface area contributed by atoms with E-state index < -0.39 is 0 Å². The molecule has 0 unspecified atom stereocenters. The Hall–Kier alpha value is -0.650. The van der Waals surface area contributed by atoms with Crippen LogP contribution >= 0.6 is 39.5 Å². The fourth-order valence-electron chi connectivity index (χ4n) is 1.52. The Labute approximate surface area is 129 Å². The maximum atomic E-state index is 13.4. The Kier molecular flexibility index (Phi) is 5.60. The fraction of sp³-hybridized carbons (Fsp3) is 0.143. The standard InChI is InChI=1S/C14H13BrFNS2/c15-10-5-6-14(12(17)9-10)19-8-7-18-13-4-2-1-3-11(13)16/h1-6,9H,7-8,17H2. The molecule has 1 nitrogen and oxygen atoms in total. The van der Waals surface area contributed by atoms with Gasteiger partial charge in [0, 0.05) is 31.5 Å². The fourth-order valence-corrected chi connectivity index (χ4v) is 3.77. The summed E-state index contributed by atoms with van der Waals surface area (Å²) in [6.07, 6.45) is 0. The van der Waals surface area contributed by atoms with E-state index in [-0.39, 0.29) is 5.82 Å². The van der Waals surface area contributed by atoms with Crippen molar-refractivity contribution < 1.29 is 4.39 Å². The molecule has 0 amide bonds. The Morgan fingerprint density at radius 2 is 1.68 bits per heavy atom. The summed E-state index contributed by atoms with van der Waals surface area (Å²) in [5, 5.41) is 0. The maximum Gasteiger partial charge on any atom is 0.136 e. The third-order valence-electron chi connectivity index (χ3n) is 2.41. The minimum atomic E-state index is -0.152. The molecule has 100 valence electrons. The third-order valence-corrected chi connectivity index (χ3v) is 5.30. The summed E-state index contributed by atoms with van der Waals surface area (Å²) in [4.78, 5) is 1.77. The van der Waals surface area contributed by atoms with Crippen LogP contribution in [-0.2, 0) is 0 Å². The van der Waals surface area contributed by atoms with Crippen LogP contribution in [-0.4, -0.2) is 11.5 Å². The van der Waals surface area contributed by atoms with Crippen molar-refractivity contribution in [2.75, 3.05) is 17.2 Å². The van der Waals surface area contributed by atoms with Crippen molar-refractivity contribution in [2.45, 2.75) is 9.79 Å². The second kappa shape index (κ2) is 7.22. The summed E-state index contributed by atoms with van der Waals surface area (Å²) >= 11 is 6.60. The van der Waals surface area contributed by atoms with Gasteiger partial charge in [-0.15, -0.1) is 23.5 Å². The van der Waals surface area contributed by atoms with Crippen molar-refractivity contribution in [3.63, 3.8) is 0 Å². The van der Waals surface area contributed by atoms with Crippen LogP contribution in [0.25, 0.3) is 0 Å². The van der Waals surface area contributed by atoms with E-state index in [0.717, 1.165) is 26.6 Å². The number of benzene rings is 2. The van der Waals surface area contributed by atoms with E-state index >= 15 is 0 Å². The Balaban J connectivity index is 1.83. The van der Waals surface area contributed by atoms with Crippen LogP contribution in [0.4, 0.5) is 10.1 Å². The zero-order valence-corrected chi connectivity index (χ0v) is 13.3. The van der Waals surface area contributed by atoms with Gasteiger partial charge in [-0.2, -0.15) is 0 Å². The first-order chi connectivity index (χ1) is 9.16. The lowest BCUT2D eigenvalue weighted by Crippen LogP contribution is -1.91. The normalized spacial score (nSPS) is 10.6. The second-order valence-corrected chi connectivity index (χ2v) is 7.00. The molecular weight excluding hydrogens is 345 g/mol. The van der Waals surface area contributed by atoms with Gasteiger partial charge < -0.3 is 5.73 Å². The van der Waals surface area contributed by atoms with Crippen LogP contribution in [0, 0.1) is 5.82 Å². The van der Waals surface area contributed by atoms with Gasteiger partial charge in [0.15, 0.2) is 0 Å². The molecule has 2 rings (SSSR count). The molecule has 2 N–H and O–H groups in total. The minimum Gasteiger partial charge on any atom is -0.398 e. The van der Waals surface area contributed by atoms with Gasteiger partial charge in [-0.05, 0) is 30.3 Å². The van der Waals surface area contributed by atoms with E-state index in [4.69, 9.17) is 5.73 Å². The van der Waals surface area contributed by atoms with Gasteiger partial charge in [0.05, 0.1) is 0 Å². The summed E-state index contributed by atoms with van der Waals surface area (Å²) < 4.78 is 14.4. The molecule has 0 saturated carbocycles. The molecule has 0 spiro atoms. The number of nitrogens with two attached hydrogens (primary N) is 1. The number of thioether (sulfide) groups is 2. The number of rotatable bonds is 5. The third kappa shape index (κ3) is 4.44. The molecule has 0 saturated heterocycles. The maximum absolute atomic E-state index is 13.4. The highest BCUT2D eigenvalue weighted by Gasteiger charge is 2.03. The largest absolute Gasteiger partial charge is 0.398 e. The van der Waals surface area contributed by atoms with E-state index in [9.17, 15) is 4.39 Å². The number of nitrogen functional groups attached to an aromatic ring is 1. The molecular formula is C14H13BrFNS2. The van der Waals surface area contributed by atoms with Crippen molar-refractivity contribution in [3.8, 4) is 0 Å². The lowest BCUT2D eigenvalue weighted by atomic mass is 10.3. The number of anilines is 1. The molecule has 0 radical (unpaired) electrons. The molecule has 0 aliphatic carbocycles. The van der Waals surface area contributed by atoms with Crippen molar-refractivity contribution in [3.05, 3.63) is 52.8 Å². The summed E-state index contributed by atoms with van der Waals surface area (Å²) in [6.45, 7) is 0. The lowest BCUT2D eigenvalue weighted by Gasteiger charge is -2.06. The van der Waals surface area contributed by atoms with Gasteiger partial charge in [0.2, 0.25) is 0 Å². The first-order valence-electron chi connectivity index (χ1n) is 5.72. The Morgan fingerprint density at radius 1 is 1.00 bits per heavy atom. The number of hydrogen-bond donors (Lipinski definition) is 1. The summed E-state index contributed by atoms with van der Waals surface area (Å²) in [6, 6.07) is 12.7. The molecule has 5 heteroatoms. The first-order valence-corrected chi connectivity index (χ1v) is 8.48. The summed E-state index contributed by atoms with van der Waals surface area (Å²) in [5.74, 6) is 1.59. The van der Waals surface area contributed by atoms with Crippen molar-refractivity contribution in [1.29, 1.82) is 0 Å². The lowest BCUT2D eigenvalue weighted by molar-refractivity contribution is 0.602. The molecule has 0 atom stereocenters. The highest BCUT2D eigenvalue weighted by atomic mass is 79.9. The highest BCUT2D eigenvalue weighted by molar-refractivity contribution is 9.10. The first kappa shape index (κ1) is 14.8. The van der Waals surface area contributed by atoms with Crippen molar-refractivity contribution >= 4 is 45.1 Å². The van der Waals surface area contributed by atoms with E-state index in [1.54, 1.807) is 23.9 Å². The average molecular weight is 358 g/mol. The molecule has 2 aromatic rings. The number of hydrogen-bond acceptors (Lipinski definition) is 3. The van der Waals surface area contributed by atoms with Crippen molar-refractivity contribution in [2.24, 2.45) is 0 Å². The molecule has 0 fully saturated rings. The number of halogens is 2. The van der Waals surface area contributed by atoms with Gasteiger partial charge in [0.1, 0.15) is 5.82 Å². The molecule has 0 aromatic heterocycles. The molecule has 0 aliphatic heterocycles. The Bertz CT molecular complexity index is 563. The molecule has 0 bridgehead atoms. The van der Waals surface area contributed by atoms with Crippen LogP contribution in [0.3, 0.4) is 0 Å². The monoisotopic (exact) mass is 357 g/mol. The minimum absolute atomic E-state index is 0.152. The van der Waals surface area contributed by atoms with E-state index in [1.165, 1.54) is 17.8 Å². The molecule has 19 heavy (non-hydrogen) atoms. The quantitative estimate of drug-likeness (QED) is 0.460. The zero-order chi connectivity index (χ0) is 13.7.